The number of benzene rings is 3. The minimum Gasteiger partial charge on any atom is -0.273 e. The molecule has 0 spiro atoms. The van der Waals surface area contributed by atoms with Crippen LogP contribution in [0.3, 0.4) is 0 Å². The Kier molecular flexibility index (Phi) is 6.54. The highest BCUT2D eigenvalue weighted by Crippen LogP contribution is 2.29. The lowest BCUT2D eigenvalue weighted by atomic mass is 10.1. The van der Waals surface area contributed by atoms with E-state index in [1.165, 1.54) is 6.07 Å². The molecule has 3 aromatic carbocycles. The van der Waals surface area contributed by atoms with Gasteiger partial charge >= 0.3 is 0 Å². The number of hydrazone groups is 1. The van der Waals surface area contributed by atoms with E-state index in [1.807, 2.05) is 54.6 Å². The Morgan fingerprint density at radius 2 is 1.68 bits per heavy atom. The number of rotatable bonds is 7. The highest BCUT2D eigenvalue weighted by Gasteiger charge is 2.15. The normalized spacial score (nSPS) is 10.7. The van der Waals surface area contributed by atoms with Crippen LogP contribution in [0.1, 0.15) is 11.1 Å². The van der Waals surface area contributed by atoms with Crippen molar-refractivity contribution in [2.45, 2.75) is 16.2 Å². The van der Waals surface area contributed by atoms with Crippen LogP contribution >= 0.6 is 11.8 Å². The molecular weight excluding hydrogens is 374 g/mol. The summed E-state index contributed by atoms with van der Waals surface area (Å²) in [7, 11) is 0. The van der Waals surface area contributed by atoms with Gasteiger partial charge in [-0.3, -0.25) is 14.9 Å². The van der Waals surface area contributed by atoms with Crippen molar-refractivity contribution >= 4 is 29.6 Å². The smallest absolute Gasteiger partial charge is 0.273 e. The van der Waals surface area contributed by atoms with Crippen LogP contribution in [0, 0.1) is 10.1 Å². The van der Waals surface area contributed by atoms with Gasteiger partial charge in [-0.25, -0.2) is 5.43 Å². The lowest BCUT2D eigenvalue weighted by molar-refractivity contribution is -0.385. The second-order valence-corrected chi connectivity index (χ2v) is 6.92. The molecule has 140 valence electrons. The lowest BCUT2D eigenvalue weighted by Gasteiger charge is -2.05. The first kappa shape index (κ1) is 19.3. The van der Waals surface area contributed by atoms with Gasteiger partial charge in [0.05, 0.1) is 17.6 Å². The second-order valence-electron chi connectivity index (χ2n) is 5.81. The lowest BCUT2D eigenvalue weighted by Crippen LogP contribution is -2.20. The van der Waals surface area contributed by atoms with Gasteiger partial charge in [-0.05, 0) is 18.2 Å². The first-order chi connectivity index (χ1) is 13.6. The summed E-state index contributed by atoms with van der Waals surface area (Å²) in [5.41, 5.74) is 3.57. The molecule has 0 aromatic heterocycles. The summed E-state index contributed by atoms with van der Waals surface area (Å²) in [4.78, 5) is 24.7. The van der Waals surface area contributed by atoms with E-state index in [1.54, 1.807) is 36.2 Å². The summed E-state index contributed by atoms with van der Waals surface area (Å²) >= 11 is 1.60. The number of nitrogens with one attached hydrogen (secondary N) is 1. The molecule has 6 nitrogen and oxygen atoms in total. The molecule has 0 aliphatic rings. The minimum absolute atomic E-state index is 0.0776. The zero-order chi connectivity index (χ0) is 19.8. The molecule has 28 heavy (non-hydrogen) atoms. The van der Waals surface area contributed by atoms with Crippen molar-refractivity contribution < 1.29 is 9.72 Å². The number of carbonyl (C=O) groups excluding carboxylic acids is 1. The molecule has 3 rings (SSSR count). The Morgan fingerprint density at radius 3 is 2.46 bits per heavy atom. The largest absolute Gasteiger partial charge is 0.273 e. The topological polar surface area (TPSA) is 84.6 Å². The van der Waals surface area contributed by atoms with E-state index in [0.29, 0.717) is 5.56 Å². The van der Waals surface area contributed by atoms with Crippen molar-refractivity contribution in [3.8, 4) is 0 Å². The zero-order valence-corrected chi connectivity index (χ0v) is 15.6. The third-order valence-corrected chi connectivity index (χ3v) is 4.92. The van der Waals surface area contributed by atoms with E-state index in [4.69, 9.17) is 0 Å². The van der Waals surface area contributed by atoms with Gasteiger partial charge in [0.25, 0.3) is 5.69 Å². The third-order valence-electron chi connectivity index (χ3n) is 3.82. The monoisotopic (exact) mass is 391 g/mol. The van der Waals surface area contributed by atoms with Crippen molar-refractivity contribution in [3.63, 3.8) is 0 Å². The van der Waals surface area contributed by atoms with Crippen LogP contribution < -0.4 is 5.43 Å². The number of nitrogens with zero attached hydrogens (tertiary/aromatic N) is 2. The summed E-state index contributed by atoms with van der Waals surface area (Å²) in [5, 5.41) is 15.0. The number of hydrogen-bond donors (Lipinski definition) is 1. The quantitative estimate of drug-likeness (QED) is 0.367. The predicted octanol–water partition coefficient (Wildman–Crippen LogP) is 4.44. The molecule has 0 aliphatic carbocycles. The van der Waals surface area contributed by atoms with Crippen molar-refractivity contribution in [2.24, 2.45) is 5.10 Å². The summed E-state index contributed by atoms with van der Waals surface area (Å²) in [5.74, 6) is -0.418. The van der Waals surface area contributed by atoms with Crippen LogP contribution in [0.4, 0.5) is 5.69 Å². The molecule has 3 aromatic rings. The van der Waals surface area contributed by atoms with Crippen LogP contribution in [0.25, 0.3) is 0 Å². The van der Waals surface area contributed by atoms with E-state index < -0.39 is 10.8 Å². The van der Waals surface area contributed by atoms with Crippen molar-refractivity contribution in [3.05, 3.63) is 100 Å². The summed E-state index contributed by atoms with van der Waals surface area (Å²) in [6.07, 6.45) is 1.46. The van der Waals surface area contributed by atoms with Crippen molar-refractivity contribution in [1.29, 1.82) is 0 Å². The van der Waals surface area contributed by atoms with Crippen LogP contribution in [0.5, 0.6) is 0 Å². The van der Waals surface area contributed by atoms with E-state index >= 15 is 0 Å². The molecule has 0 saturated carbocycles. The van der Waals surface area contributed by atoms with Gasteiger partial charge in [-0.1, -0.05) is 66.4 Å². The predicted molar refractivity (Wildman–Crippen MR) is 110 cm³/mol. The molecular formula is C21H17N3O3S. The fourth-order valence-electron chi connectivity index (χ4n) is 2.52. The van der Waals surface area contributed by atoms with Gasteiger partial charge < -0.3 is 0 Å². The first-order valence-electron chi connectivity index (χ1n) is 8.49. The van der Waals surface area contributed by atoms with Crippen LogP contribution in [0.2, 0.25) is 0 Å². The van der Waals surface area contributed by atoms with Gasteiger partial charge in [0, 0.05) is 27.0 Å². The maximum absolute atomic E-state index is 12.1. The van der Waals surface area contributed by atoms with E-state index in [0.717, 1.165) is 15.4 Å². The van der Waals surface area contributed by atoms with Crippen molar-refractivity contribution in [2.75, 3.05) is 0 Å². The number of nitro groups is 1. The fraction of sp³-hybridized carbons (Fsp3) is 0.0476. The molecule has 0 heterocycles. The zero-order valence-electron chi connectivity index (χ0n) is 14.8. The Labute approximate surface area is 166 Å². The number of carbonyl (C=O) groups is 1. The first-order valence-corrected chi connectivity index (χ1v) is 9.31. The molecule has 0 saturated heterocycles. The second kappa shape index (κ2) is 9.48. The highest BCUT2D eigenvalue weighted by molar-refractivity contribution is 7.99. The maximum Gasteiger partial charge on any atom is 0.273 e. The molecule has 0 atom stereocenters. The minimum atomic E-state index is -0.497. The van der Waals surface area contributed by atoms with Gasteiger partial charge in [0.1, 0.15) is 0 Å². The van der Waals surface area contributed by atoms with Crippen LogP contribution in [-0.2, 0) is 11.2 Å². The Balaban J connectivity index is 1.65. The Hall–Kier alpha value is -3.45. The van der Waals surface area contributed by atoms with E-state index in [9.17, 15) is 14.9 Å². The molecule has 1 N–H and O–H groups in total. The van der Waals surface area contributed by atoms with Gasteiger partial charge in [-0.15, -0.1) is 0 Å². The summed E-state index contributed by atoms with van der Waals surface area (Å²) in [6, 6.07) is 23.8. The highest BCUT2D eigenvalue weighted by atomic mass is 32.2. The van der Waals surface area contributed by atoms with E-state index in [2.05, 4.69) is 10.5 Å². The molecule has 0 radical (unpaired) electrons. The third kappa shape index (κ3) is 5.28. The number of amides is 1. The average Bonchev–Trinajstić information content (AvgIpc) is 2.70. The Bertz CT molecular complexity index is 1010. The van der Waals surface area contributed by atoms with Gasteiger partial charge in [0.15, 0.2) is 0 Å². The van der Waals surface area contributed by atoms with Crippen LogP contribution in [-0.4, -0.2) is 17.0 Å². The number of para-hydroxylation sites is 1. The maximum atomic E-state index is 12.1. The van der Waals surface area contributed by atoms with Crippen LogP contribution in [0.15, 0.2) is 93.8 Å². The number of nitro benzene ring substituents is 1. The fourth-order valence-corrected chi connectivity index (χ4v) is 3.45. The molecule has 0 aliphatic heterocycles. The molecule has 0 fully saturated rings. The molecule has 7 heteroatoms. The summed E-state index contributed by atoms with van der Waals surface area (Å²) < 4.78 is 0. The van der Waals surface area contributed by atoms with Gasteiger partial charge in [-0.2, -0.15) is 5.10 Å². The Morgan fingerprint density at radius 1 is 1.00 bits per heavy atom. The summed E-state index contributed by atoms with van der Waals surface area (Å²) in [6.45, 7) is 0. The number of hydrogen-bond acceptors (Lipinski definition) is 5. The van der Waals surface area contributed by atoms with Crippen molar-refractivity contribution in [1.82, 2.24) is 5.43 Å². The standard InChI is InChI=1S/C21H17N3O3S/c25-21(14-16-8-4-6-12-19(16)24(26)27)23-22-15-17-9-5-7-13-20(17)28-18-10-2-1-3-11-18/h1-13,15H,14H2,(H,23,25)/b22-15-. The SMILES string of the molecule is O=C(Cc1ccccc1[N+](=O)[O-])N/N=C\c1ccccc1Sc1ccccc1. The molecule has 0 bridgehead atoms. The average molecular weight is 391 g/mol. The van der Waals surface area contributed by atoms with Gasteiger partial charge in [0.2, 0.25) is 5.91 Å². The molecule has 1 amide bonds. The van der Waals surface area contributed by atoms with E-state index in [-0.39, 0.29) is 12.1 Å². The molecule has 0 unspecified atom stereocenters.